The molecule has 0 spiro atoms. The van der Waals surface area contributed by atoms with Crippen LogP contribution in [-0.2, 0) is 29.0 Å². The fraction of sp³-hybridized carbons (Fsp3) is 0.800. The Hall–Kier alpha value is -2.96. The third kappa shape index (κ3) is 8.42. The number of sulfone groups is 1. The Morgan fingerprint density at radius 1 is 0.979 bits per heavy atom. The van der Waals surface area contributed by atoms with Crippen LogP contribution in [0.3, 0.4) is 0 Å². The highest BCUT2D eigenvalue weighted by molar-refractivity contribution is 7.92. The van der Waals surface area contributed by atoms with Gasteiger partial charge in [0, 0.05) is 13.1 Å². The number of rotatable bonds is 13. The first-order valence-electron chi connectivity index (χ1n) is 18.0. The van der Waals surface area contributed by atoms with Gasteiger partial charge in [-0.05, 0) is 62.2 Å². The Balaban J connectivity index is 1.56. The minimum absolute atomic E-state index is 0.0991. The van der Waals surface area contributed by atoms with E-state index in [0.717, 1.165) is 44.9 Å². The maximum Gasteiger partial charge on any atom is 0.315 e. The van der Waals surface area contributed by atoms with Gasteiger partial charge >= 0.3 is 6.03 Å². The van der Waals surface area contributed by atoms with Crippen molar-refractivity contribution >= 4 is 39.4 Å². The Bertz CT molecular complexity index is 1340. The molecular formula is C35H57N5O7S. The quantitative estimate of drug-likeness (QED) is 0.170. The minimum atomic E-state index is -3.35. The van der Waals surface area contributed by atoms with E-state index in [9.17, 15) is 32.4 Å². The first-order chi connectivity index (χ1) is 22.6. The van der Waals surface area contributed by atoms with Crippen molar-refractivity contribution in [3.8, 4) is 0 Å². The molecule has 2 aliphatic carbocycles. The summed E-state index contributed by atoms with van der Waals surface area (Å²) in [6.07, 6.45) is 10.5. The Morgan fingerprint density at radius 3 is 2.29 bits per heavy atom. The van der Waals surface area contributed by atoms with E-state index in [-0.39, 0.29) is 24.1 Å². The number of unbranched alkanes of at least 4 members (excludes halogenated alkanes) is 1. The molecule has 270 valence electrons. The van der Waals surface area contributed by atoms with E-state index in [0.29, 0.717) is 45.1 Å². The molecule has 2 heterocycles. The second-order valence-electron chi connectivity index (χ2n) is 15.5. The summed E-state index contributed by atoms with van der Waals surface area (Å²) >= 11 is 0. The predicted molar refractivity (Wildman–Crippen MR) is 184 cm³/mol. The zero-order chi connectivity index (χ0) is 35.3. The Morgan fingerprint density at radius 2 is 1.69 bits per heavy atom. The van der Waals surface area contributed by atoms with Gasteiger partial charge in [-0.25, -0.2) is 13.2 Å². The van der Waals surface area contributed by atoms with Gasteiger partial charge in [0.2, 0.25) is 17.6 Å². The first kappa shape index (κ1) is 37.9. The molecule has 6 atom stereocenters. The van der Waals surface area contributed by atoms with Gasteiger partial charge < -0.3 is 26.2 Å². The Labute approximate surface area is 286 Å². The van der Waals surface area contributed by atoms with Gasteiger partial charge in [0.15, 0.2) is 9.84 Å². The van der Waals surface area contributed by atoms with Gasteiger partial charge in [-0.15, -0.1) is 6.58 Å². The molecule has 0 aromatic rings. The molecule has 5 amide bonds. The summed E-state index contributed by atoms with van der Waals surface area (Å²) in [5.41, 5.74) is -1.62. The van der Waals surface area contributed by atoms with Crippen molar-refractivity contribution in [1.82, 2.24) is 26.2 Å². The molecule has 12 nitrogen and oxygen atoms in total. The van der Waals surface area contributed by atoms with Crippen molar-refractivity contribution < 1.29 is 32.4 Å². The van der Waals surface area contributed by atoms with E-state index in [1.54, 1.807) is 4.90 Å². The van der Waals surface area contributed by atoms with Gasteiger partial charge in [0.05, 0.1) is 22.6 Å². The molecule has 0 aromatic heterocycles. The molecule has 0 radical (unpaired) electrons. The van der Waals surface area contributed by atoms with E-state index in [1.807, 2.05) is 27.7 Å². The van der Waals surface area contributed by atoms with Crippen LogP contribution in [0.15, 0.2) is 12.7 Å². The lowest BCUT2D eigenvalue weighted by atomic mass is 9.78. The minimum Gasteiger partial charge on any atom is -0.346 e. The number of hydrogen-bond acceptors (Lipinski definition) is 7. The monoisotopic (exact) mass is 691 g/mol. The van der Waals surface area contributed by atoms with Crippen molar-refractivity contribution in [1.29, 1.82) is 0 Å². The Kier molecular flexibility index (Phi) is 12.4. The smallest absolute Gasteiger partial charge is 0.315 e. The number of nitrogens with zero attached hydrogens (tertiary/aromatic N) is 1. The predicted octanol–water partition coefficient (Wildman–Crippen LogP) is 3.15. The van der Waals surface area contributed by atoms with Crippen LogP contribution >= 0.6 is 0 Å². The number of Topliss-reactive ketones (excluding diaryl/α,β-unsaturated/α-hetero) is 1. The summed E-state index contributed by atoms with van der Waals surface area (Å²) in [5, 5.41) is 10.7. The highest BCUT2D eigenvalue weighted by Crippen LogP contribution is 2.43. The summed E-state index contributed by atoms with van der Waals surface area (Å²) in [4.78, 5) is 69.6. The fourth-order valence-electron chi connectivity index (χ4n) is 8.54. The molecule has 4 fully saturated rings. The topological polar surface area (TPSA) is 171 Å². The van der Waals surface area contributed by atoms with Gasteiger partial charge in [0.1, 0.15) is 12.1 Å². The maximum atomic E-state index is 14.5. The van der Waals surface area contributed by atoms with Crippen LogP contribution in [0.25, 0.3) is 0 Å². The third-order valence-electron chi connectivity index (χ3n) is 11.0. The first-order valence-corrected chi connectivity index (χ1v) is 19.7. The normalized spacial score (nSPS) is 27.3. The molecule has 48 heavy (non-hydrogen) atoms. The largest absolute Gasteiger partial charge is 0.346 e. The lowest BCUT2D eigenvalue weighted by Gasteiger charge is -2.43. The molecule has 2 saturated carbocycles. The molecule has 0 bridgehead atoms. The second-order valence-corrected chi connectivity index (χ2v) is 17.8. The van der Waals surface area contributed by atoms with Crippen LogP contribution in [0, 0.1) is 17.3 Å². The van der Waals surface area contributed by atoms with Crippen LogP contribution in [0.4, 0.5) is 4.79 Å². The second kappa shape index (κ2) is 15.7. The number of fused-ring (bicyclic) bond motifs is 1. The molecule has 0 unspecified atom stereocenters. The lowest BCUT2D eigenvalue weighted by Crippen LogP contribution is -2.65. The maximum absolute atomic E-state index is 14.5. The zero-order valence-corrected chi connectivity index (χ0v) is 30.1. The molecule has 0 aromatic carbocycles. The van der Waals surface area contributed by atoms with Crippen LogP contribution in [0.5, 0.6) is 0 Å². The summed E-state index contributed by atoms with van der Waals surface area (Å²) < 4.78 is 26.1. The van der Waals surface area contributed by atoms with Gasteiger partial charge in [-0.1, -0.05) is 72.3 Å². The molecule has 4 N–H and O–H groups in total. The number of carbonyl (C=O) groups is 5. The molecule has 13 heteroatoms. The number of urea groups is 1. The van der Waals surface area contributed by atoms with Gasteiger partial charge in [-0.2, -0.15) is 0 Å². The molecule has 4 rings (SSSR count). The third-order valence-corrected chi connectivity index (χ3v) is 13.4. The van der Waals surface area contributed by atoms with Crippen molar-refractivity contribution in [3.05, 3.63) is 12.7 Å². The van der Waals surface area contributed by atoms with E-state index >= 15 is 0 Å². The van der Waals surface area contributed by atoms with Crippen molar-refractivity contribution in [2.24, 2.45) is 17.3 Å². The number of nitrogens with one attached hydrogen (secondary N) is 4. The summed E-state index contributed by atoms with van der Waals surface area (Å²) in [6, 6.07) is -3.46. The van der Waals surface area contributed by atoms with Gasteiger partial charge in [0.25, 0.3) is 5.91 Å². The summed E-state index contributed by atoms with van der Waals surface area (Å²) in [5.74, 6) is -2.25. The van der Waals surface area contributed by atoms with Crippen molar-refractivity contribution in [2.75, 3.05) is 18.8 Å². The van der Waals surface area contributed by atoms with Crippen LogP contribution in [-0.4, -0.2) is 90.6 Å². The molecule has 2 aliphatic heterocycles. The number of amides is 5. The SMILES string of the molecule is C=CCNC(=O)C(=O)[C@H](CCCC)NC(=O)[C@@H]1[C@H]2CCC[C@H]2CN1C(=O)[C@@H](NC(=O)NC1([C@H]2CCCS2(=O)=O)CCCCC1)C(C)(C)C. The van der Waals surface area contributed by atoms with E-state index < -0.39 is 73.7 Å². The molecular weight excluding hydrogens is 634 g/mol. The fourth-order valence-corrected chi connectivity index (χ4v) is 10.9. The van der Waals surface area contributed by atoms with Crippen LogP contribution in [0.2, 0.25) is 0 Å². The molecule has 2 saturated heterocycles. The van der Waals surface area contributed by atoms with Crippen molar-refractivity contribution in [2.45, 2.75) is 140 Å². The number of carbonyl (C=O) groups excluding carboxylic acids is 5. The number of hydrogen-bond donors (Lipinski definition) is 4. The summed E-state index contributed by atoms with van der Waals surface area (Å²) in [7, 11) is -3.35. The van der Waals surface area contributed by atoms with E-state index in [2.05, 4.69) is 27.8 Å². The van der Waals surface area contributed by atoms with E-state index in [1.165, 1.54) is 6.08 Å². The summed E-state index contributed by atoms with van der Waals surface area (Å²) in [6.45, 7) is 11.5. The zero-order valence-electron chi connectivity index (χ0n) is 29.3. The highest BCUT2D eigenvalue weighted by Gasteiger charge is 2.53. The van der Waals surface area contributed by atoms with Gasteiger partial charge in [-0.3, -0.25) is 19.2 Å². The van der Waals surface area contributed by atoms with Crippen LogP contribution in [0.1, 0.15) is 111 Å². The molecule has 4 aliphatic rings. The highest BCUT2D eigenvalue weighted by atomic mass is 32.2. The standard InChI is InChI=1S/C35H57N5O7S/c1-6-8-16-25(28(41)31(43)36-20-7-2)37-30(42)27-24-15-12-14-23(24)22-40(27)32(44)29(34(3,4)5)38-33(45)39-35(18-10-9-11-19-35)26-17-13-21-48(26,46)47/h7,23-27,29H,2,6,8-22H2,1,3-5H3,(H,36,43)(H,37,42)(H2,38,39,45)/t23-,24-,25-,26+,27-,29+/m0/s1. The number of likely N-dealkylation sites (tertiary alicyclic amines) is 1. The van der Waals surface area contributed by atoms with Crippen molar-refractivity contribution in [3.63, 3.8) is 0 Å². The number of ketones is 1. The average Bonchev–Trinajstić information content (AvgIpc) is 3.74. The lowest BCUT2D eigenvalue weighted by molar-refractivity contribution is -0.144. The van der Waals surface area contributed by atoms with Crippen LogP contribution < -0.4 is 21.3 Å². The average molecular weight is 692 g/mol. The van der Waals surface area contributed by atoms with E-state index in [4.69, 9.17) is 0 Å².